The number of nitrogens with one attached hydrogen (secondary N) is 1. The van der Waals surface area contributed by atoms with E-state index in [1.807, 2.05) is 0 Å². The first-order chi connectivity index (χ1) is 9.61. The first kappa shape index (κ1) is 19.9. The quantitative estimate of drug-likeness (QED) is 0.561. The van der Waals surface area contributed by atoms with Crippen LogP contribution in [0.5, 0.6) is 0 Å². The third-order valence-corrected chi connectivity index (χ3v) is 4.90. The number of hydrogen-bond acceptors (Lipinski definition) is 3. The van der Waals surface area contributed by atoms with Gasteiger partial charge in [0.1, 0.15) is 0 Å². The number of hydrogen-bond donors (Lipinski definition) is 1. The summed E-state index contributed by atoms with van der Waals surface area (Å²) in [5.41, 5.74) is 0.444. The standard InChI is InChI=1S/C17H39N3/c1-7-17(8-2,15-18-6)16-20(11-5)14-12-13-19(9-3)10-4/h18H,7-16H2,1-6H3. The largest absolute Gasteiger partial charge is 0.319 e. The van der Waals surface area contributed by atoms with Crippen LogP contribution in [0.15, 0.2) is 0 Å². The molecule has 0 saturated heterocycles. The van der Waals surface area contributed by atoms with Gasteiger partial charge >= 0.3 is 0 Å². The first-order valence-corrected chi connectivity index (χ1v) is 8.70. The molecule has 0 aliphatic rings. The van der Waals surface area contributed by atoms with E-state index in [0.29, 0.717) is 5.41 Å². The molecule has 0 unspecified atom stereocenters. The van der Waals surface area contributed by atoms with Crippen molar-refractivity contribution in [3.63, 3.8) is 0 Å². The van der Waals surface area contributed by atoms with Crippen molar-refractivity contribution in [1.82, 2.24) is 15.1 Å². The van der Waals surface area contributed by atoms with Crippen LogP contribution in [-0.4, -0.2) is 62.7 Å². The molecular formula is C17H39N3. The van der Waals surface area contributed by atoms with Crippen molar-refractivity contribution in [3.8, 4) is 0 Å². The average molecular weight is 286 g/mol. The molecule has 0 atom stereocenters. The summed E-state index contributed by atoms with van der Waals surface area (Å²) in [4.78, 5) is 5.17. The second-order valence-corrected chi connectivity index (χ2v) is 5.99. The van der Waals surface area contributed by atoms with Gasteiger partial charge in [0.2, 0.25) is 0 Å². The fraction of sp³-hybridized carbons (Fsp3) is 1.00. The van der Waals surface area contributed by atoms with Gasteiger partial charge < -0.3 is 15.1 Å². The molecule has 0 aromatic carbocycles. The van der Waals surface area contributed by atoms with Crippen LogP contribution in [0, 0.1) is 5.41 Å². The molecule has 0 rings (SSSR count). The van der Waals surface area contributed by atoms with Gasteiger partial charge in [0.15, 0.2) is 0 Å². The van der Waals surface area contributed by atoms with Crippen molar-refractivity contribution in [3.05, 3.63) is 0 Å². The maximum Gasteiger partial charge on any atom is 0.00498 e. The molecule has 0 amide bonds. The summed E-state index contributed by atoms with van der Waals surface area (Å²) in [5.74, 6) is 0. The van der Waals surface area contributed by atoms with Gasteiger partial charge in [-0.1, -0.05) is 34.6 Å². The lowest BCUT2D eigenvalue weighted by Gasteiger charge is -2.37. The third kappa shape index (κ3) is 7.05. The lowest BCUT2D eigenvalue weighted by molar-refractivity contribution is 0.135. The molecule has 0 aliphatic carbocycles. The van der Waals surface area contributed by atoms with Gasteiger partial charge in [-0.25, -0.2) is 0 Å². The third-order valence-electron chi connectivity index (χ3n) is 4.90. The van der Waals surface area contributed by atoms with Crippen LogP contribution >= 0.6 is 0 Å². The predicted octanol–water partition coefficient (Wildman–Crippen LogP) is 3.07. The Kier molecular flexibility index (Phi) is 11.5. The summed E-state index contributed by atoms with van der Waals surface area (Å²) in [6.07, 6.45) is 3.81. The minimum Gasteiger partial charge on any atom is -0.319 e. The monoisotopic (exact) mass is 285 g/mol. The Morgan fingerprint density at radius 1 is 0.800 bits per heavy atom. The van der Waals surface area contributed by atoms with Crippen LogP contribution in [0.2, 0.25) is 0 Å². The first-order valence-electron chi connectivity index (χ1n) is 8.70. The minimum absolute atomic E-state index is 0.444. The van der Waals surface area contributed by atoms with Crippen molar-refractivity contribution in [2.24, 2.45) is 5.41 Å². The molecule has 3 heteroatoms. The summed E-state index contributed by atoms with van der Waals surface area (Å²) in [6, 6.07) is 0. The number of rotatable bonds is 13. The predicted molar refractivity (Wildman–Crippen MR) is 91.5 cm³/mol. The molecule has 122 valence electrons. The summed E-state index contributed by atoms with van der Waals surface area (Å²) in [5, 5.41) is 3.40. The zero-order valence-corrected chi connectivity index (χ0v) is 15.0. The van der Waals surface area contributed by atoms with Crippen molar-refractivity contribution in [1.29, 1.82) is 0 Å². The van der Waals surface area contributed by atoms with E-state index in [9.17, 15) is 0 Å². The van der Waals surface area contributed by atoms with Crippen LogP contribution in [-0.2, 0) is 0 Å². The molecule has 0 radical (unpaired) electrons. The molecule has 0 aliphatic heterocycles. The Balaban J connectivity index is 4.30. The maximum atomic E-state index is 3.40. The molecule has 3 nitrogen and oxygen atoms in total. The van der Waals surface area contributed by atoms with Gasteiger partial charge in [0.25, 0.3) is 0 Å². The maximum absolute atomic E-state index is 3.40. The summed E-state index contributed by atoms with van der Waals surface area (Å²) in [7, 11) is 2.08. The van der Waals surface area contributed by atoms with E-state index in [1.165, 1.54) is 58.5 Å². The zero-order chi connectivity index (χ0) is 15.4. The Labute approximate surface area is 128 Å². The van der Waals surface area contributed by atoms with E-state index in [-0.39, 0.29) is 0 Å². The van der Waals surface area contributed by atoms with Gasteiger partial charge in [-0.2, -0.15) is 0 Å². The minimum atomic E-state index is 0.444. The summed E-state index contributed by atoms with van der Waals surface area (Å²) < 4.78 is 0. The average Bonchev–Trinajstić information content (AvgIpc) is 2.49. The van der Waals surface area contributed by atoms with Crippen LogP contribution in [0.3, 0.4) is 0 Å². The summed E-state index contributed by atoms with van der Waals surface area (Å²) >= 11 is 0. The van der Waals surface area contributed by atoms with Gasteiger partial charge in [0, 0.05) is 13.1 Å². The second kappa shape index (κ2) is 11.5. The van der Waals surface area contributed by atoms with E-state index in [0.717, 1.165) is 6.54 Å². The highest BCUT2D eigenvalue weighted by Crippen LogP contribution is 2.26. The molecule has 1 N–H and O–H groups in total. The van der Waals surface area contributed by atoms with E-state index in [2.05, 4.69) is 56.8 Å². The normalized spacial score (nSPS) is 12.6. The lowest BCUT2D eigenvalue weighted by Crippen LogP contribution is -2.43. The van der Waals surface area contributed by atoms with E-state index < -0.39 is 0 Å². The van der Waals surface area contributed by atoms with Gasteiger partial charge in [-0.05, 0) is 64.4 Å². The van der Waals surface area contributed by atoms with Gasteiger partial charge in [-0.3, -0.25) is 0 Å². The topological polar surface area (TPSA) is 18.5 Å². The highest BCUT2D eigenvalue weighted by atomic mass is 15.1. The highest BCUT2D eigenvalue weighted by molar-refractivity contribution is 4.82. The fourth-order valence-corrected chi connectivity index (χ4v) is 3.04. The van der Waals surface area contributed by atoms with Crippen molar-refractivity contribution in [2.45, 2.75) is 53.9 Å². The van der Waals surface area contributed by atoms with E-state index in [4.69, 9.17) is 0 Å². The zero-order valence-electron chi connectivity index (χ0n) is 15.0. The molecule has 0 fully saturated rings. The summed E-state index contributed by atoms with van der Waals surface area (Å²) in [6.45, 7) is 19.8. The Bertz CT molecular complexity index is 210. The Morgan fingerprint density at radius 3 is 1.70 bits per heavy atom. The van der Waals surface area contributed by atoms with Crippen molar-refractivity contribution >= 4 is 0 Å². The molecular weight excluding hydrogens is 246 g/mol. The molecule has 0 spiro atoms. The van der Waals surface area contributed by atoms with Crippen LogP contribution in [0.1, 0.15) is 53.9 Å². The molecule has 0 bridgehead atoms. The van der Waals surface area contributed by atoms with E-state index >= 15 is 0 Å². The van der Waals surface area contributed by atoms with Crippen LogP contribution < -0.4 is 5.32 Å². The SMILES string of the molecule is CCN(CC)CCCN(CC)CC(CC)(CC)CNC. The molecule has 0 aromatic heterocycles. The van der Waals surface area contributed by atoms with Crippen molar-refractivity contribution < 1.29 is 0 Å². The second-order valence-electron chi connectivity index (χ2n) is 5.99. The van der Waals surface area contributed by atoms with Crippen molar-refractivity contribution in [2.75, 3.05) is 52.9 Å². The smallest absolute Gasteiger partial charge is 0.00498 e. The molecule has 0 heterocycles. The molecule has 0 aromatic rings. The Morgan fingerprint density at radius 2 is 1.30 bits per heavy atom. The van der Waals surface area contributed by atoms with Gasteiger partial charge in [-0.15, -0.1) is 0 Å². The fourth-order valence-electron chi connectivity index (χ4n) is 3.04. The Hall–Kier alpha value is -0.120. The lowest BCUT2D eigenvalue weighted by atomic mass is 9.81. The molecule has 0 saturated carbocycles. The van der Waals surface area contributed by atoms with Crippen LogP contribution in [0.25, 0.3) is 0 Å². The number of nitrogens with zero attached hydrogens (tertiary/aromatic N) is 2. The van der Waals surface area contributed by atoms with Crippen LogP contribution in [0.4, 0.5) is 0 Å². The van der Waals surface area contributed by atoms with E-state index in [1.54, 1.807) is 0 Å². The highest BCUT2D eigenvalue weighted by Gasteiger charge is 2.27. The van der Waals surface area contributed by atoms with Gasteiger partial charge in [0.05, 0.1) is 0 Å². The molecule has 20 heavy (non-hydrogen) atoms.